The van der Waals surface area contributed by atoms with E-state index in [4.69, 9.17) is 9.63 Å². The number of halogens is 2. The predicted molar refractivity (Wildman–Crippen MR) is 81.1 cm³/mol. The molecular weight excluding hydrogens is 370 g/mol. The van der Waals surface area contributed by atoms with Gasteiger partial charge >= 0.3 is 5.97 Å². The molecule has 9 heteroatoms. The summed E-state index contributed by atoms with van der Waals surface area (Å²) in [7, 11) is 1.70. The van der Waals surface area contributed by atoms with Gasteiger partial charge in [-0.1, -0.05) is 5.16 Å². The molecule has 0 aliphatic rings. The van der Waals surface area contributed by atoms with Gasteiger partial charge < -0.3 is 9.63 Å². The van der Waals surface area contributed by atoms with Gasteiger partial charge in [0.15, 0.2) is 0 Å². The maximum absolute atomic E-state index is 10.8. The Bertz CT molecular complexity index is 589. The first kappa shape index (κ1) is 17.1. The third kappa shape index (κ3) is 4.02. The number of hydrogen-bond donors (Lipinski definition) is 1. The summed E-state index contributed by atoms with van der Waals surface area (Å²) in [6.07, 6.45) is 0. The van der Waals surface area contributed by atoms with E-state index in [0.717, 1.165) is 8.66 Å². The van der Waals surface area contributed by atoms with Crippen molar-refractivity contribution in [2.75, 3.05) is 7.05 Å². The summed E-state index contributed by atoms with van der Waals surface area (Å²) in [6.45, 7) is 1.91. The van der Waals surface area contributed by atoms with Gasteiger partial charge in [0.2, 0.25) is 11.7 Å². The lowest BCUT2D eigenvalue weighted by Gasteiger charge is -2.18. The predicted octanol–water partition coefficient (Wildman–Crippen LogP) is 2.89. The second-order valence-electron chi connectivity index (χ2n) is 4.04. The van der Waals surface area contributed by atoms with Crippen molar-refractivity contribution < 1.29 is 14.4 Å². The van der Waals surface area contributed by atoms with Crippen molar-refractivity contribution in [2.24, 2.45) is 0 Å². The minimum atomic E-state index is -0.885. The Labute approximate surface area is 134 Å². The minimum absolute atomic E-state index is 0. The maximum Gasteiger partial charge on any atom is 0.320 e. The lowest BCUT2D eigenvalue weighted by molar-refractivity contribution is -0.142. The first-order chi connectivity index (χ1) is 8.97. The summed E-state index contributed by atoms with van der Waals surface area (Å²) in [4.78, 5) is 17.6. The SMILES string of the molecule is CC(C(=O)O)N(C)Cc1nc(-c2ccc(Br)s2)no1.Cl. The van der Waals surface area contributed by atoms with E-state index >= 15 is 0 Å². The molecule has 0 bridgehead atoms. The zero-order chi connectivity index (χ0) is 14.0. The number of aromatic nitrogens is 2. The number of carboxylic acid groups (broad SMARTS) is 1. The number of carbonyl (C=O) groups is 1. The van der Waals surface area contributed by atoms with Crippen LogP contribution in [0.15, 0.2) is 20.4 Å². The molecule has 0 aromatic carbocycles. The van der Waals surface area contributed by atoms with E-state index in [1.165, 1.54) is 11.3 Å². The van der Waals surface area contributed by atoms with Gasteiger partial charge in [0.05, 0.1) is 15.2 Å². The Balaban J connectivity index is 0.00000200. The second kappa shape index (κ2) is 7.16. The van der Waals surface area contributed by atoms with Crippen molar-refractivity contribution in [1.29, 1.82) is 0 Å². The summed E-state index contributed by atoms with van der Waals surface area (Å²) in [6, 6.07) is 3.20. The third-order valence-corrected chi connectivity index (χ3v) is 4.28. The normalized spacial score (nSPS) is 12.2. The summed E-state index contributed by atoms with van der Waals surface area (Å²) in [5, 5.41) is 12.8. The molecule has 1 atom stereocenters. The number of hydrogen-bond acceptors (Lipinski definition) is 6. The van der Waals surface area contributed by atoms with Gasteiger partial charge in [-0.05, 0) is 42.0 Å². The third-order valence-electron chi connectivity index (χ3n) is 2.66. The van der Waals surface area contributed by atoms with Crippen molar-refractivity contribution in [1.82, 2.24) is 15.0 Å². The van der Waals surface area contributed by atoms with E-state index in [0.29, 0.717) is 18.3 Å². The zero-order valence-electron chi connectivity index (χ0n) is 10.7. The van der Waals surface area contributed by atoms with E-state index in [-0.39, 0.29) is 12.4 Å². The highest BCUT2D eigenvalue weighted by atomic mass is 79.9. The molecule has 0 radical (unpaired) electrons. The maximum atomic E-state index is 10.8. The molecule has 20 heavy (non-hydrogen) atoms. The summed E-state index contributed by atoms with van der Waals surface area (Å²) in [5.41, 5.74) is 0. The van der Waals surface area contributed by atoms with Crippen molar-refractivity contribution in [3.05, 3.63) is 21.8 Å². The summed E-state index contributed by atoms with van der Waals surface area (Å²) < 4.78 is 6.12. The highest BCUT2D eigenvalue weighted by Gasteiger charge is 2.19. The van der Waals surface area contributed by atoms with Crippen LogP contribution in [0.2, 0.25) is 0 Å². The van der Waals surface area contributed by atoms with Gasteiger partial charge in [-0.25, -0.2) is 0 Å². The molecule has 0 saturated heterocycles. The van der Waals surface area contributed by atoms with Crippen LogP contribution in [0.1, 0.15) is 12.8 Å². The van der Waals surface area contributed by atoms with Crippen molar-refractivity contribution in [2.45, 2.75) is 19.5 Å². The molecule has 6 nitrogen and oxygen atoms in total. The van der Waals surface area contributed by atoms with Gasteiger partial charge in [-0.3, -0.25) is 9.69 Å². The topological polar surface area (TPSA) is 79.5 Å². The average Bonchev–Trinajstić information content (AvgIpc) is 2.96. The quantitative estimate of drug-likeness (QED) is 0.856. The zero-order valence-corrected chi connectivity index (χ0v) is 14.0. The van der Waals surface area contributed by atoms with Gasteiger partial charge in [-0.15, -0.1) is 23.7 Å². The number of carboxylic acids is 1. The lowest BCUT2D eigenvalue weighted by atomic mass is 10.3. The Morgan fingerprint density at radius 1 is 1.60 bits per heavy atom. The molecule has 0 saturated carbocycles. The van der Waals surface area contributed by atoms with Gasteiger partial charge in [0.25, 0.3) is 0 Å². The van der Waals surface area contributed by atoms with Crippen LogP contribution in [0.4, 0.5) is 0 Å². The average molecular weight is 383 g/mol. The largest absolute Gasteiger partial charge is 0.480 e. The van der Waals surface area contributed by atoms with E-state index in [1.807, 2.05) is 12.1 Å². The first-order valence-corrected chi connectivity index (χ1v) is 7.09. The molecular formula is C11H13BrClN3O3S. The molecule has 110 valence electrons. The Morgan fingerprint density at radius 3 is 2.85 bits per heavy atom. The number of thiophene rings is 1. The van der Waals surface area contributed by atoms with Gasteiger partial charge in [0, 0.05) is 0 Å². The number of aliphatic carboxylic acids is 1. The Kier molecular flexibility index (Phi) is 6.12. The summed E-state index contributed by atoms with van der Waals surface area (Å²) in [5.74, 6) is 0.0293. The molecule has 0 fully saturated rings. The lowest BCUT2D eigenvalue weighted by Crippen LogP contribution is -2.35. The van der Waals surface area contributed by atoms with Crippen molar-refractivity contribution >= 4 is 45.6 Å². The molecule has 0 spiro atoms. The van der Waals surface area contributed by atoms with Crippen LogP contribution in [0.25, 0.3) is 10.7 Å². The molecule has 1 unspecified atom stereocenters. The fourth-order valence-electron chi connectivity index (χ4n) is 1.39. The van der Waals surface area contributed by atoms with E-state index < -0.39 is 12.0 Å². The van der Waals surface area contributed by atoms with Crippen LogP contribution >= 0.6 is 39.7 Å². The molecule has 1 N–H and O–H groups in total. The molecule has 2 heterocycles. The van der Waals surface area contributed by atoms with Crippen LogP contribution in [-0.2, 0) is 11.3 Å². The van der Waals surface area contributed by atoms with Crippen LogP contribution < -0.4 is 0 Å². The van der Waals surface area contributed by atoms with Crippen molar-refractivity contribution in [3.8, 4) is 10.7 Å². The second-order valence-corrected chi connectivity index (χ2v) is 6.51. The van der Waals surface area contributed by atoms with Gasteiger partial charge in [-0.2, -0.15) is 4.98 Å². The Hall–Kier alpha value is -0.960. The number of nitrogens with zero attached hydrogens (tertiary/aromatic N) is 3. The molecule has 0 amide bonds. The Morgan fingerprint density at radius 2 is 2.30 bits per heavy atom. The smallest absolute Gasteiger partial charge is 0.320 e. The molecule has 2 aromatic heterocycles. The molecule has 0 aliphatic carbocycles. The van der Waals surface area contributed by atoms with Crippen molar-refractivity contribution in [3.63, 3.8) is 0 Å². The standard InChI is InChI=1S/C11H12BrN3O3S.ClH/c1-6(11(16)17)15(2)5-9-13-10(14-18-9)7-3-4-8(12)19-7;/h3-4,6H,5H2,1-2H3,(H,16,17);1H. The highest BCUT2D eigenvalue weighted by Crippen LogP contribution is 2.29. The fraction of sp³-hybridized carbons (Fsp3) is 0.364. The van der Waals surface area contributed by atoms with E-state index in [1.54, 1.807) is 18.9 Å². The van der Waals surface area contributed by atoms with E-state index in [9.17, 15) is 4.79 Å². The minimum Gasteiger partial charge on any atom is -0.480 e. The first-order valence-electron chi connectivity index (χ1n) is 5.48. The molecule has 2 aromatic rings. The highest BCUT2D eigenvalue weighted by molar-refractivity contribution is 9.11. The van der Waals surface area contributed by atoms with Gasteiger partial charge in [0.1, 0.15) is 6.04 Å². The van der Waals surface area contributed by atoms with Crippen LogP contribution in [0.3, 0.4) is 0 Å². The monoisotopic (exact) mass is 381 g/mol. The van der Waals surface area contributed by atoms with Crippen LogP contribution in [0.5, 0.6) is 0 Å². The molecule has 2 rings (SSSR count). The summed E-state index contributed by atoms with van der Waals surface area (Å²) >= 11 is 4.88. The fourth-order valence-corrected chi connectivity index (χ4v) is 2.70. The molecule has 0 aliphatic heterocycles. The van der Waals surface area contributed by atoms with Crippen LogP contribution in [-0.4, -0.2) is 39.2 Å². The number of rotatable bonds is 5. The number of likely N-dealkylation sites (N-methyl/N-ethyl adjacent to an activating group) is 1. The van der Waals surface area contributed by atoms with E-state index in [2.05, 4.69) is 26.1 Å². The van der Waals surface area contributed by atoms with Crippen LogP contribution in [0, 0.1) is 0 Å².